The van der Waals surface area contributed by atoms with Crippen LogP contribution in [-0.4, -0.2) is 41.3 Å². The number of amides is 2. The maximum Gasteiger partial charge on any atom is 0.239 e. The quantitative estimate of drug-likeness (QED) is 0.839. The molecule has 0 spiro atoms. The monoisotopic (exact) mass is 345 g/mol. The Labute approximate surface area is 146 Å². The normalized spacial score (nSPS) is 10.5. The van der Waals surface area contributed by atoms with E-state index in [1.807, 2.05) is 44.4 Å². The second-order valence-corrected chi connectivity index (χ2v) is 6.41. The highest BCUT2D eigenvalue weighted by Crippen LogP contribution is 2.24. The molecule has 1 aromatic carbocycles. The van der Waals surface area contributed by atoms with Crippen LogP contribution in [0.3, 0.4) is 0 Å². The third-order valence-corrected chi connectivity index (χ3v) is 4.53. The van der Waals surface area contributed by atoms with Crippen LogP contribution < -0.4 is 5.32 Å². The molecule has 0 aliphatic rings. The molecule has 24 heavy (non-hydrogen) atoms. The molecular weight excluding hydrogens is 322 g/mol. The first-order chi connectivity index (χ1) is 11.5. The molecule has 5 nitrogen and oxygen atoms in total. The van der Waals surface area contributed by atoms with E-state index in [9.17, 15) is 9.59 Å². The van der Waals surface area contributed by atoms with E-state index in [1.54, 1.807) is 4.90 Å². The maximum atomic E-state index is 12.4. The van der Waals surface area contributed by atoms with Gasteiger partial charge in [-0.05, 0) is 26.8 Å². The number of aryl methyl sites for hydroxylation is 1. The minimum atomic E-state index is -0.133. The SMILES string of the molecule is CCNC(=O)CN(CC)C(=O)Cc1csc(-c2cccc(C)c2)n1. The zero-order chi connectivity index (χ0) is 17.5. The number of carbonyl (C=O) groups is 2. The van der Waals surface area contributed by atoms with Crippen molar-refractivity contribution in [1.82, 2.24) is 15.2 Å². The van der Waals surface area contributed by atoms with E-state index >= 15 is 0 Å². The fourth-order valence-electron chi connectivity index (χ4n) is 2.37. The minimum Gasteiger partial charge on any atom is -0.355 e. The number of nitrogens with zero attached hydrogens (tertiary/aromatic N) is 2. The van der Waals surface area contributed by atoms with Gasteiger partial charge in [-0.15, -0.1) is 11.3 Å². The second kappa shape index (κ2) is 8.59. The van der Waals surface area contributed by atoms with E-state index < -0.39 is 0 Å². The van der Waals surface area contributed by atoms with Gasteiger partial charge in [0.1, 0.15) is 5.01 Å². The number of aromatic nitrogens is 1. The Morgan fingerprint density at radius 2 is 2.08 bits per heavy atom. The lowest BCUT2D eigenvalue weighted by atomic mass is 10.1. The van der Waals surface area contributed by atoms with Crippen LogP contribution in [0.2, 0.25) is 0 Å². The fraction of sp³-hybridized carbons (Fsp3) is 0.389. The van der Waals surface area contributed by atoms with Crippen molar-refractivity contribution in [3.05, 3.63) is 40.9 Å². The minimum absolute atomic E-state index is 0.0788. The lowest BCUT2D eigenvalue weighted by Gasteiger charge is -2.19. The van der Waals surface area contributed by atoms with Gasteiger partial charge in [-0.3, -0.25) is 9.59 Å². The summed E-state index contributed by atoms with van der Waals surface area (Å²) in [6.45, 7) is 6.94. The van der Waals surface area contributed by atoms with Gasteiger partial charge in [-0.1, -0.05) is 23.8 Å². The first kappa shape index (κ1) is 18.1. The zero-order valence-electron chi connectivity index (χ0n) is 14.3. The first-order valence-electron chi connectivity index (χ1n) is 8.09. The van der Waals surface area contributed by atoms with E-state index in [0.29, 0.717) is 13.1 Å². The van der Waals surface area contributed by atoms with Gasteiger partial charge in [0.25, 0.3) is 0 Å². The zero-order valence-corrected chi connectivity index (χ0v) is 15.2. The Morgan fingerprint density at radius 3 is 2.75 bits per heavy atom. The van der Waals surface area contributed by atoms with E-state index in [2.05, 4.69) is 16.4 Å². The van der Waals surface area contributed by atoms with E-state index in [4.69, 9.17) is 0 Å². The van der Waals surface area contributed by atoms with E-state index in [1.165, 1.54) is 16.9 Å². The molecule has 0 atom stereocenters. The topological polar surface area (TPSA) is 62.3 Å². The number of carbonyl (C=O) groups excluding carboxylic acids is 2. The van der Waals surface area contributed by atoms with Crippen molar-refractivity contribution < 1.29 is 9.59 Å². The molecule has 0 radical (unpaired) electrons. The van der Waals surface area contributed by atoms with Crippen LogP contribution in [-0.2, 0) is 16.0 Å². The maximum absolute atomic E-state index is 12.4. The molecule has 0 fully saturated rings. The van der Waals surface area contributed by atoms with Crippen LogP contribution in [0, 0.1) is 6.92 Å². The number of likely N-dealkylation sites (N-methyl/N-ethyl adjacent to an activating group) is 2. The van der Waals surface area contributed by atoms with Gasteiger partial charge < -0.3 is 10.2 Å². The molecule has 1 N–H and O–H groups in total. The number of hydrogen-bond acceptors (Lipinski definition) is 4. The third-order valence-electron chi connectivity index (χ3n) is 3.59. The van der Waals surface area contributed by atoms with Crippen molar-refractivity contribution in [2.75, 3.05) is 19.6 Å². The molecular formula is C18H23N3O2S. The van der Waals surface area contributed by atoms with Crippen LogP contribution in [0.15, 0.2) is 29.6 Å². The van der Waals surface area contributed by atoms with Crippen LogP contribution in [0.5, 0.6) is 0 Å². The summed E-state index contributed by atoms with van der Waals surface area (Å²) in [5.41, 5.74) is 2.99. The number of hydrogen-bond donors (Lipinski definition) is 1. The molecule has 0 aliphatic carbocycles. The summed E-state index contributed by atoms with van der Waals surface area (Å²) >= 11 is 1.53. The Kier molecular flexibility index (Phi) is 6.49. The standard InChI is InChI=1S/C18H23N3O2S/c1-4-19-16(22)11-21(5-2)17(23)10-15-12-24-18(20-15)14-8-6-7-13(3)9-14/h6-9,12H,4-5,10-11H2,1-3H3,(H,19,22). The molecule has 2 rings (SSSR count). The van der Waals surface area contributed by atoms with Gasteiger partial charge in [-0.25, -0.2) is 4.98 Å². The number of benzene rings is 1. The number of rotatable bonds is 7. The van der Waals surface area contributed by atoms with Crippen molar-refractivity contribution in [1.29, 1.82) is 0 Å². The summed E-state index contributed by atoms with van der Waals surface area (Å²) in [4.78, 5) is 30.2. The molecule has 0 saturated heterocycles. The van der Waals surface area contributed by atoms with Crippen molar-refractivity contribution in [2.45, 2.75) is 27.2 Å². The van der Waals surface area contributed by atoms with Crippen LogP contribution >= 0.6 is 11.3 Å². The second-order valence-electron chi connectivity index (χ2n) is 5.55. The Morgan fingerprint density at radius 1 is 1.29 bits per heavy atom. The van der Waals surface area contributed by atoms with Gasteiger partial charge in [0.15, 0.2) is 0 Å². The van der Waals surface area contributed by atoms with Crippen molar-refractivity contribution in [2.24, 2.45) is 0 Å². The summed E-state index contributed by atoms with van der Waals surface area (Å²) in [5.74, 6) is -0.212. The third kappa shape index (κ3) is 4.89. The van der Waals surface area contributed by atoms with Crippen molar-refractivity contribution in [3.63, 3.8) is 0 Å². The molecule has 128 valence electrons. The summed E-state index contributed by atoms with van der Waals surface area (Å²) in [7, 11) is 0. The van der Waals surface area contributed by atoms with Gasteiger partial charge in [-0.2, -0.15) is 0 Å². The molecule has 1 heterocycles. The predicted octanol–water partition coefficient (Wildman–Crippen LogP) is 2.65. The van der Waals surface area contributed by atoms with Crippen LogP contribution in [0.25, 0.3) is 10.6 Å². The van der Waals surface area contributed by atoms with Gasteiger partial charge in [0.05, 0.1) is 18.7 Å². The molecule has 0 aliphatic heterocycles. The molecule has 0 bridgehead atoms. The van der Waals surface area contributed by atoms with E-state index in [-0.39, 0.29) is 24.8 Å². The first-order valence-corrected chi connectivity index (χ1v) is 8.97. The van der Waals surface area contributed by atoms with Gasteiger partial charge in [0, 0.05) is 24.0 Å². The number of thiazole rings is 1. The van der Waals surface area contributed by atoms with E-state index in [0.717, 1.165) is 16.3 Å². The average molecular weight is 345 g/mol. The Bertz CT molecular complexity index is 712. The summed E-state index contributed by atoms with van der Waals surface area (Å²) in [5, 5.41) is 5.54. The Hall–Kier alpha value is -2.21. The van der Waals surface area contributed by atoms with Gasteiger partial charge >= 0.3 is 0 Å². The molecule has 0 unspecified atom stereocenters. The highest BCUT2D eigenvalue weighted by atomic mass is 32.1. The molecule has 2 amide bonds. The average Bonchev–Trinajstić information content (AvgIpc) is 3.01. The van der Waals surface area contributed by atoms with Gasteiger partial charge in [0.2, 0.25) is 11.8 Å². The highest BCUT2D eigenvalue weighted by molar-refractivity contribution is 7.13. The molecule has 1 aromatic heterocycles. The van der Waals surface area contributed by atoms with Crippen LogP contribution in [0.1, 0.15) is 25.1 Å². The fourth-order valence-corrected chi connectivity index (χ4v) is 3.19. The number of nitrogens with one attached hydrogen (secondary N) is 1. The molecule has 2 aromatic rings. The smallest absolute Gasteiger partial charge is 0.239 e. The van der Waals surface area contributed by atoms with Crippen molar-refractivity contribution >= 4 is 23.2 Å². The lowest BCUT2D eigenvalue weighted by Crippen LogP contribution is -2.41. The Balaban J connectivity index is 2.02. The van der Waals surface area contributed by atoms with Crippen LogP contribution in [0.4, 0.5) is 0 Å². The summed E-state index contributed by atoms with van der Waals surface area (Å²) in [6.07, 6.45) is 0.218. The highest BCUT2D eigenvalue weighted by Gasteiger charge is 2.17. The largest absolute Gasteiger partial charge is 0.355 e. The predicted molar refractivity (Wildman–Crippen MR) is 96.9 cm³/mol. The van der Waals surface area contributed by atoms with Crippen molar-refractivity contribution in [3.8, 4) is 10.6 Å². The summed E-state index contributed by atoms with van der Waals surface area (Å²) in [6, 6.07) is 8.15. The molecule has 0 saturated carbocycles. The summed E-state index contributed by atoms with van der Waals surface area (Å²) < 4.78 is 0. The lowest BCUT2D eigenvalue weighted by molar-refractivity contribution is -0.135. The molecule has 6 heteroatoms.